The third-order valence-electron chi connectivity index (χ3n) is 2.65. The maximum Gasteiger partial charge on any atom is 0.127 e. The van der Waals surface area contributed by atoms with Gasteiger partial charge in [0.05, 0.1) is 5.69 Å². The Hall–Kier alpha value is -1.39. The molecule has 0 bridgehead atoms. The van der Waals surface area contributed by atoms with E-state index in [1.54, 1.807) is 16.8 Å². The number of hydrogen-bond donors (Lipinski definition) is 1. The second-order valence-electron chi connectivity index (χ2n) is 4.14. The summed E-state index contributed by atoms with van der Waals surface area (Å²) in [6, 6.07) is 6.55. The van der Waals surface area contributed by atoms with Crippen molar-refractivity contribution in [1.29, 1.82) is 0 Å². The third-order valence-corrected chi connectivity index (χ3v) is 2.89. The SMILES string of the molecule is Cn1ccc(CCNCc2cc(Cl)ccc2F)n1. The van der Waals surface area contributed by atoms with E-state index in [0.29, 0.717) is 17.1 Å². The Balaban J connectivity index is 1.80. The second-order valence-corrected chi connectivity index (χ2v) is 4.58. The van der Waals surface area contributed by atoms with E-state index >= 15 is 0 Å². The summed E-state index contributed by atoms with van der Waals surface area (Å²) in [6.45, 7) is 1.22. The number of benzene rings is 1. The molecule has 1 heterocycles. The lowest BCUT2D eigenvalue weighted by molar-refractivity contribution is 0.586. The minimum atomic E-state index is -0.232. The van der Waals surface area contributed by atoms with E-state index in [0.717, 1.165) is 18.7 Å². The number of nitrogens with one attached hydrogen (secondary N) is 1. The number of halogens is 2. The van der Waals surface area contributed by atoms with Crippen LogP contribution >= 0.6 is 11.6 Å². The molecule has 2 rings (SSSR count). The van der Waals surface area contributed by atoms with Crippen LogP contribution in [0.1, 0.15) is 11.3 Å². The Morgan fingerprint density at radius 2 is 2.22 bits per heavy atom. The van der Waals surface area contributed by atoms with Crippen LogP contribution in [0.15, 0.2) is 30.5 Å². The molecule has 0 radical (unpaired) electrons. The van der Waals surface area contributed by atoms with Gasteiger partial charge in [-0.15, -0.1) is 0 Å². The summed E-state index contributed by atoms with van der Waals surface area (Å²) in [5, 5.41) is 8.00. The maximum absolute atomic E-state index is 13.4. The Bertz CT molecular complexity index is 525. The zero-order chi connectivity index (χ0) is 13.0. The van der Waals surface area contributed by atoms with Crippen molar-refractivity contribution in [3.63, 3.8) is 0 Å². The molecule has 0 spiro atoms. The standard InChI is InChI=1S/C13H15ClFN3/c1-18-7-5-12(17-18)4-6-16-9-10-8-11(14)2-3-13(10)15/h2-3,5,7-8,16H,4,6,9H2,1H3. The van der Waals surface area contributed by atoms with Crippen LogP contribution in [0.2, 0.25) is 5.02 Å². The van der Waals surface area contributed by atoms with Crippen molar-refractivity contribution in [2.24, 2.45) is 7.05 Å². The molecule has 1 aromatic heterocycles. The maximum atomic E-state index is 13.4. The van der Waals surface area contributed by atoms with E-state index in [1.807, 2.05) is 19.3 Å². The van der Waals surface area contributed by atoms with Crippen LogP contribution in [0.5, 0.6) is 0 Å². The zero-order valence-electron chi connectivity index (χ0n) is 10.2. The average molecular weight is 268 g/mol. The molecule has 0 aliphatic carbocycles. The van der Waals surface area contributed by atoms with Crippen LogP contribution < -0.4 is 5.32 Å². The molecule has 96 valence electrons. The molecule has 0 fully saturated rings. The van der Waals surface area contributed by atoms with E-state index in [1.165, 1.54) is 6.07 Å². The molecule has 0 amide bonds. The van der Waals surface area contributed by atoms with Gasteiger partial charge in [-0.1, -0.05) is 11.6 Å². The van der Waals surface area contributed by atoms with Gasteiger partial charge in [0.2, 0.25) is 0 Å². The molecule has 0 aliphatic heterocycles. The second kappa shape index (κ2) is 5.98. The summed E-state index contributed by atoms with van der Waals surface area (Å²) in [4.78, 5) is 0. The van der Waals surface area contributed by atoms with Crippen LogP contribution in [0.4, 0.5) is 4.39 Å². The molecule has 0 saturated heterocycles. The Kier molecular flexibility index (Phi) is 4.33. The number of aryl methyl sites for hydroxylation is 1. The van der Waals surface area contributed by atoms with Crippen LogP contribution in [0, 0.1) is 5.82 Å². The predicted octanol–water partition coefficient (Wildman–Crippen LogP) is 2.54. The summed E-state index contributed by atoms with van der Waals surface area (Å²) in [7, 11) is 1.89. The topological polar surface area (TPSA) is 29.9 Å². The number of nitrogens with zero attached hydrogens (tertiary/aromatic N) is 2. The first kappa shape index (κ1) is 13.1. The van der Waals surface area contributed by atoms with Crippen molar-refractivity contribution in [3.8, 4) is 0 Å². The van der Waals surface area contributed by atoms with Crippen LogP contribution in [0.25, 0.3) is 0 Å². The zero-order valence-corrected chi connectivity index (χ0v) is 10.9. The summed E-state index contributed by atoms with van der Waals surface area (Å²) >= 11 is 5.82. The molecule has 1 aromatic carbocycles. The first-order valence-electron chi connectivity index (χ1n) is 5.78. The van der Waals surface area contributed by atoms with Gasteiger partial charge in [0.25, 0.3) is 0 Å². The van der Waals surface area contributed by atoms with Gasteiger partial charge < -0.3 is 5.32 Å². The van der Waals surface area contributed by atoms with E-state index in [2.05, 4.69) is 10.4 Å². The molecule has 18 heavy (non-hydrogen) atoms. The highest BCUT2D eigenvalue weighted by atomic mass is 35.5. The molecule has 0 unspecified atom stereocenters. The molecular weight excluding hydrogens is 253 g/mol. The lowest BCUT2D eigenvalue weighted by atomic mass is 10.2. The van der Waals surface area contributed by atoms with Crippen molar-refractivity contribution in [1.82, 2.24) is 15.1 Å². The summed E-state index contributed by atoms with van der Waals surface area (Å²) < 4.78 is 15.2. The van der Waals surface area contributed by atoms with Crippen molar-refractivity contribution >= 4 is 11.6 Å². The molecule has 0 saturated carbocycles. The number of hydrogen-bond acceptors (Lipinski definition) is 2. The monoisotopic (exact) mass is 267 g/mol. The van der Waals surface area contributed by atoms with Gasteiger partial charge in [-0.3, -0.25) is 4.68 Å². The van der Waals surface area contributed by atoms with Crippen LogP contribution in [-0.4, -0.2) is 16.3 Å². The van der Waals surface area contributed by atoms with Gasteiger partial charge in [-0.2, -0.15) is 5.10 Å². The van der Waals surface area contributed by atoms with Crippen LogP contribution in [-0.2, 0) is 20.0 Å². The smallest absolute Gasteiger partial charge is 0.127 e. The van der Waals surface area contributed by atoms with Crippen LogP contribution in [0.3, 0.4) is 0 Å². The normalized spacial score (nSPS) is 10.8. The van der Waals surface area contributed by atoms with E-state index in [9.17, 15) is 4.39 Å². The van der Waals surface area contributed by atoms with Crippen molar-refractivity contribution < 1.29 is 4.39 Å². The number of rotatable bonds is 5. The van der Waals surface area contributed by atoms with Crippen molar-refractivity contribution in [3.05, 3.63) is 52.6 Å². The van der Waals surface area contributed by atoms with Crippen molar-refractivity contribution in [2.75, 3.05) is 6.54 Å². The van der Waals surface area contributed by atoms with Gasteiger partial charge in [0, 0.05) is 43.3 Å². The largest absolute Gasteiger partial charge is 0.312 e. The van der Waals surface area contributed by atoms with Crippen molar-refractivity contribution in [2.45, 2.75) is 13.0 Å². The molecule has 0 atom stereocenters. The van der Waals surface area contributed by atoms with Gasteiger partial charge in [-0.25, -0.2) is 4.39 Å². The first-order chi connectivity index (χ1) is 8.65. The predicted molar refractivity (Wildman–Crippen MR) is 70.0 cm³/mol. The lowest BCUT2D eigenvalue weighted by Crippen LogP contribution is -2.17. The average Bonchev–Trinajstić information content (AvgIpc) is 2.75. The van der Waals surface area contributed by atoms with Gasteiger partial charge in [-0.05, 0) is 24.3 Å². The molecule has 2 aromatic rings. The first-order valence-corrected chi connectivity index (χ1v) is 6.16. The quantitative estimate of drug-likeness (QED) is 0.844. The third kappa shape index (κ3) is 3.55. The van der Waals surface area contributed by atoms with Gasteiger partial charge in [0.15, 0.2) is 0 Å². The van der Waals surface area contributed by atoms with E-state index in [-0.39, 0.29) is 5.82 Å². The molecule has 5 heteroatoms. The Morgan fingerprint density at radius 1 is 1.39 bits per heavy atom. The molecular formula is C13H15ClFN3. The van der Waals surface area contributed by atoms with Gasteiger partial charge in [0.1, 0.15) is 5.82 Å². The molecule has 0 aliphatic rings. The Labute approximate surface area is 111 Å². The summed E-state index contributed by atoms with van der Waals surface area (Å²) in [5.74, 6) is -0.232. The lowest BCUT2D eigenvalue weighted by Gasteiger charge is -2.05. The number of aromatic nitrogens is 2. The summed E-state index contributed by atoms with van der Waals surface area (Å²) in [6.07, 6.45) is 2.73. The highest BCUT2D eigenvalue weighted by molar-refractivity contribution is 6.30. The fraction of sp³-hybridized carbons (Fsp3) is 0.308. The fourth-order valence-corrected chi connectivity index (χ4v) is 1.91. The fourth-order valence-electron chi connectivity index (χ4n) is 1.71. The molecule has 1 N–H and O–H groups in total. The minimum absolute atomic E-state index is 0.232. The summed E-state index contributed by atoms with van der Waals surface area (Å²) in [5.41, 5.74) is 1.61. The highest BCUT2D eigenvalue weighted by Crippen LogP contribution is 2.14. The van der Waals surface area contributed by atoms with Gasteiger partial charge >= 0.3 is 0 Å². The van der Waals surface area contributed by atoms with E-state index < -0.39 is 0 Å². The molecule has 3 nitrogen and oxygen atoms in total. The Morgan fingerprint density at radius 3 is 2.94 bits per heavy atom. The van der Waals surface area contributed by atoms with E-state index in [4.69, 9.17) is 11.6 Å². The minimum Gasteiger partial charge on any atom is -0.312 e. The highest BCUT2D eigenvalue weighted by Gasteiger charge is 2.02.